The Balaban J connectivity index is 1.16. The maximum absolute atomic E-state index is 13.7. The number of nitrogens with two attached hydrogens (primary N) is 1. The molecule has 1 aliphatic rings. The van der Waals surface area contributed by atoms with Crippen molar-refractivity contribution in [2.45, 2.75) is 32.0 Å². The van der Waals surface area contributed by atoms with Gasteiger partial charge in [-0.15, -0.1) is 0 Å². The number of carbonyl (C=O) groups is 2. The molecule has 2 aromatic carbocycles. The summed E-state index contributed by atoms with van der Waals surface area (Å²) in [6.07, 6.45) is 2.06. The minimum Gasteiger partial charge on any atom is -0.455 e. The van der Waals surface area contributed by atoms with Crippen LogP contribution in [0.5, 0.6) is 0 Å². The van der Waals surface area contributed by atoms with E-state index in [4.69, 9.17) is 14.6 Å². The number of nitrogens with zero attached hydrogens (tertiary/aromatic N) is 1. The molecule has 2 amide bonds. The highest BCUT2D eigenvalue weighted by Crippen LogP contribution is 2.32. The molecular formula is C27H27FN4O4. The fourth-order valence-electron chi connectivity index (χ4n) is 4.52. The van der Waals surface area contributed by atoms with Gasteiger partial charge in [-0.2, -0.15) is 0 Å². The van der Waals surface area contributed by atoms with Crippen LogP contribution in [0.25, 0.3) is 11.0 Å². The minimum absolute atomic E-state index is 0.0142. The fraction of sp³-hybridized carbons (Fsp3) is 0.259. The van der Waals surface area contributed by atoms with Crippen molar-refractivity contribution < 1.29 is 22.8 Å². The molecule has 186 valence electrons. The summed E-state index contributed by atoms with van der Waals surface area (Å²) in [6.45, 7) is 3.48. The molecule has 0 radical (unpaired) electrons. The Morgan fingerprint density at radius 3 is 2.56 bits per heavy atom. The van der Waals surface area contributed by atoms with Crippen LogP contribution in [0.3, 0.4) is 0 Å². The number of furan rings is 2. The first-order chi connectivity index (χ1) is 17.5. The van der Waals surface area contributed by atoms with Crippen LogP contribution >= 0.6 is 0 Å². The van der Waals surface area contributed by atoms with Crippen LogP contribution in [0.15, 0.2) is 69.5 Å². The molecule has 3 heterocycles. The number of likely N-dealkylation sites (tertiary alicyclic amines) is 1. The largest absolute Gasteiger partial charge is 0.455 e. The zero-order chi connectivity index (χ0) is 25.1. The van der Waals surface area contributed by atoms with Crippen molar-refractivity contribution in [3.63, 3.8) is 0 Å². The number of piperidine rings is 1. The minimum atomic E-state index is -0.874. The van der Waals surface area contributed by atoms with Crippen molar-refractivity contribution in [3.8, 4) is 0 Å². The number of hydrogen-bond acceptors (Lipinski definition) is 6. The number of nitrogens with one attached hydrogen (secondary N) is 2. The summed E-state index contributed by atoms with van der Waals surface area (Å²) in [6, 6.07) is 17.8. The van der Waals surface area contributed by atoms with Crippen molar-refractivity contribution in [2.75, 3.05) is 18.4 Å². The van der Waals surface area contributed by atoms with Gasteiger partial charge in [0.2, 0.25) is 5.76 Å². The molecule has 0 saturated carbocycles. The van der Waals surface area contributed by atoms with Gasteiger partial charge in [0.25, 0.3) is 11.8 Å². The van der Waals surface area contributed by atoms with Crippen LogP contribution in [0, 0.1) is 5.82 Å². The first-order valence-corrected chi connectivity index (χ1v) is 11.9. The predicted octanol–water partition coefficient (Wildman–Crippen LogP) is 4.27. The smallest absolute Gasteiger partial charge is 0.291 e. The van der Waals surface area contributed by atoms with Gasteiger partial charge < -0.3 is 25.2 Å². The van der Waals surface area contributed by atoms with Crippen LogP contribution < -0.4 is 16.4 Å². The van der Waals surface area contributed by atoms with Crippen LogP contribution in [0.2, 0.25) is 0 Å². The molecule has 1 aliphatic heterocycles. The fourth-order valence-corrected chi connectivity index (χ4v) is 4.52. The van der Waals surface area contributed by atoms with E-state index in [0.29, 0.717) is 18.3 Å². The van der Waals surface area contributed by atoms with Crippen molar-refractivity contribution >= 4 is 28.5 Å². The summed E-state index contributed by atoms with van der Waals surface area (Å²) in [7, 11) is 0. The molecular weight excluding hydrogens is 463 g/mol. The first kappa shape index (κ1) is 23.8. The second kappa shape index (κ2) is 10.3. The lowest BCUT2D eigenvalue weighted by Crippen LogP contribution is -2.41. The Morgan fingerprint density at radius 2 is 1.81 bits per heavy atom. The van der Waals surface area contributed by atoms with E-state index in [0.717, 1.165) is 32.5 Å². The number of primary amides is 1. The summed E-state index contributed by atoms with van der Waals surface area (Å²) >= 11 is 0. The van der Waals surface area contributed by atoms with E-state index >= 15 is 0 Å². The Hall–Kier alpha value is -3.95. The lowest BCUT2D eigenvalue weighted by molar-refractivity contribution is 0.0977. The van der Waals surface area contributed by atoms with Crippen LogP contribution in [-0.2, 0) is 13.1 Å². The van der Waals surface area contributed by atoms with E-state index in [2.05, 4.69) is 39.8 Å². The number of rotatable bonds is 8. The number of anilines is 1. The SMILES string of the molecule is NC(=O)c1oc2ccc(F)cc2c1NC(=O)c1ccc(CNC2CCN(Cc3ccccc3)CC2)o1. The van der Waals surface area contributed by atoms with Crippen molar-refractivity contribution in [3.05, 3.63) is 89.3 Å². The molecule has 5 rings (SSSR count). The molecule has 8 nitrogen and oxygen atoms in total. The van der Waals surface area contributed by atoms with Gasteiger partial charge in [-0.1, -0.05) is 30.3 Å². The predicted molar refractivity (Wildman–Crippen MR) is 133 cm³/mol. The number of fused-ring (bicyclic) bond motifs is 1. The van der Waals surface area contributed by atoms with Crippen molar-refractivity contribution in [1.29, 1.82) is 0 Å². The van der Waals surface area contributed by atoms with Crippen LogP contribution in [-0.4, -0.2) is 35.8 Å². The third kappa shape index (κ3) is 5.32. The second-order valence-electron chi connectivity index (χ2n) is 8.95. The highest BCUT2D eigenvalue weighted by molar-refractivity contribution is 6.13. The number of amides is 2. The maximum Gasteiger partial charge on any atom is 0.291 e. The Bertz CT molecular complexity index is 1370. The molecule has 4 N–H and O–H groups in total. The molecule has 0 atom stereocenters. The number of hydrogen-bond donors (Lipinski definition) is 3. The number of benzene rings is 2. The standard InChI is InChI=1S/C27H27FN4O4/c28-18-6-8-22-21(14-18)24(25(36-22)26(29)33)31-27(34)23-9-7-20(35-23)15-30-19-10-12-32(13-11-19)16-17-4-2-1-3-5-17/h1-9,14,19,30H,10-13,15-16H2,(H2,29,33)(H,31,34). The third-order valence-corrected chi connectivity index (χ3v) is 6.40. The Kier molecular flexibility index (Phi) is 6.84. The van der Waals surface area contributed by atoms with Crippen molar-refractivity contribution in [1.82, 2.24) is 10.2 Å². The Labute approximate surface area is 207 Å². The van der Waals surface area contributed by atoms with Gasteiger partial charge in [-0.25, -0.2) is 4.39 Å². The topological polar surface area (TPSA) is 114 Å². The summed E-state index contributed by atoms with van der Waals surface area (Å²) in [5.41, 5.74) is 6.95. The molecule has 36 heavy (non-hydrogen) atoms. The van der Waals surface area contributed by atoms with Crippen molar-refractivity contribution in [2.24, 2.45) is 5.73 Å². The monoisotopic (exact) mass is 490 g/mol. The van der Waals surface area contributed by atoms with Gasteiger partial charge in [0.05, 0.1) is 6.54 Å². The first-order valence-electron chi connectivity index (χ1n) is 11.9. The highest BCUT2D eigenvalue weighted by Gasteiger charge is 2.23. The van der Waals surface area contributed by atoms with E-state index in [-0.39, 0.29) is 28.2 Å². The van der Waals surface area contributed by atoms with E-state index in [1.54, 1.807) is 12.1 Å². The summed E-state index contributed by atoms with van der Waals surface area (Å²) in [5, 5.41) is 6.33. The molecule has 0 spiro atoms. The van der Waals surface area contributed by atoms with Gasteiger partial charge in [-0.3, -0.25) is 14.5 Å². The van der Waals surface area contributed by atoms with Gasteiger partial charge in [0.15, 0.2) is 5.76 Å². The van der Waals surface area contributed by atoms with Gasteiger partial charge in [-0.05, 0) is 61.8 Å². The average Bonchev–Trinajstić information content (AvgIpc) is 3.49. The number of carbonyl (C=O) groups excluding carboxylic acids is 2. The quantitative estimate of drug-likeness (QED) is 0.340. The number of halogens is 1. The third-order valence-electron chi connectivity index (χ3n) is 6.40. The molecule has 0 unspecified atom stereocenters. The van der Waals surface area contributed by atoms with Crippen LogP contribution in [0.1, 0.15) is 45.3 Å². The molecule has 9 heteroatoms. The van der Waals surface area contributed by atoms with Gasteiger partial charge >= 0.3 is 0 Å². The van der Waals surface area contributed by atoms with E-state index in [1.807, 2.05) is 6.07 Å². The Morgan fingerprint density at radius 1 is 1.03 bits per heavy atom. The zero-order valence-corrected chi connectivity index (χ0v) is 19.6. The van der Waals surface area contributed by atoms with Crippen LogP contribution in [0.4, 0.5) is 10.1 Å². The maximum atomic E-state index is 13.7. The average molecular weight is 491 g/mol. The molecule has 1 fully saturated rings. The zero-order valence-electron chi connectivity index (χ0n) is 19.6. The normalized spacial score (nSPS) is 14.8. The lowest BCUT2D eigenvalue weighted by Gasteiger charge is -2.32. The summed E-state index contributed by atoms with van der Waals surface area (Å²) in [5.74, 6) is -1.58. The molecule has 2 aromatic heterocycles. The summed E-state index contributed by atoms with van der Waals surface area (Å²) in [4.78, 5) is 27.0. The van der Waals surface area contributed by atoms with E-state index < -0.39 is 17.6 Å². The lowest BCUT2D eigenvalue weighted by atomic mass is 10.0. The van der Waals surface area contributed by atoms with Gasteiger partial charge in [0.1, 0.15) is 22.8 Å². The molecule has 0 bridgehead atoms. The highest BCUT2D eigenvalue weighted by atomic mass is 19.1. The second-order valence-corrected chi connectivity index (χ2v) is 8.95. The van der Waals surface area contributed by atoms with E-state index in [9.17, 15) is 14.0 Å². The van der Waals surface area contributed by atoms with Gasteiger partial charge in [0, 0.05) is 18.0 Å². The molecule has 0 aliphatic carbocycles. The summed E-state index contributed by atoms with van der Waals surface area (Å²) < 4.78 is 24.9. The van der Waals surface area contributed by atoms with E-state index in [1.165, 1.54) is 23.8 Å². The molecule has 1 saturated heterocycles. The molecule has 4 aromatic rings.